The number of carbonyl (C=O) groups is 1. The van der Waals surface area contributed by atoms with Crippen LogP contribution >= 0.6 is 0 Å². The third kappa shape index (κ3) is 3.41. The van der Waals surface area contributed by atoms with Gasteiger partial charge in [-0.25, -0.2) is 5.10 Å². The molecule has 0 aliphatic carbocycles. The summed E-state index contributed by atoms with van der Waals surface area (Å²) in [5.41, 5.74) is 0.446. The molecule has 0 fully saturated rings. The first-order valence-electron chi connectivity index (χ1n) is 4.60. The molecule has 0 bridgehead atoms. The minimum Gasteiger partial charge on any atom is -0.373 e. The number of nitrogens with zero attached hydrogens (tertiary/aromatic N) is 2. The maximum atomic E-state index is 11.0. The number of H-pyrrole nitrogens is 1. The molecule has 0 saturated carbocycles. The van der Waals surface area contributed by atoms with Gasteiger partial charge >= 0.3 is 0 Å². The lowest BCUT2D eigenvalue weighted by atomic mass is 10.3. The molecule has 0 aliphatic heterocycles. The summed E-state index contributed by atoms with van der Waals surface area (Å²) in [5, 5.41) is 8.50. The van der Waals surface area contributed by atoms with Crippen LogP contribution in [-0.4, -0.2) is 36.7 Å². The van der Waals surface area contributed by atoms with Gasteiger partial charge < -0.3 is 10.2 Å². The SMILES string of the molecule is CNC(=O)CCN(C)c1cn[nH]c(=O)c1. The van der Waals surface area contributed by atoms with Crippen LogP contribution < -0.4 is 15.8 Å². The Kier molecular flexibility index (Phi) is 3.84. The molecule has 0 saturated heterocycles. The number of carbonyl (C=O) groups excluding carboxylic acids is 1. The highest BCUT2D eigenvalue weighted by molar-refractivity contribution is 5.76. The molecule has 1 rings (SSSR count). The van der Waals surface area contributed by atoms with E-state index in [1.54, 1.807) is 25.2 Å². The number of anilines is 1. The topological polar surface area (TPSA) is 78.1 Å². The zero-order valence-electron chi connectivity index (χ0n) is 8.78. The van der Waals surface area contributed by atoms with Gasteiger partial charge in [-0.1, -0.05) is 0 Å². The van der Waals surface area contributed by atoms with Crippen LogP contribution in [0.1, 0.15) is 6.42 Å². The van der Waals surface area contributed by atoms with Crippen LogP contribution in [-0.2, 0) is 4.79 Å². The molecule has 0 atom stereocenters. The van der Waals surface area contributed by atoms with E-state index in [1.165, 1.54) is 6.07 Å². The minimum absolute atomic E-state index is 0.0281. The molecular weight excluding hydrogens is 196 g/mol. The van der Waals surface area contributed by atoms with Crippen LogP contribution in [0.3, 0.4) is 0 Å². The Labute approximate surface area is 87.3 Å². The van der Waals surface area contributed by atoms with E-state index in [1.807, 2.05) is 0 Å². The van der Waals surface area contributed by atoms with Crippen LogP contribution in [0.15, 0.2) is 17.1 Å². The second-order valence-electron chi connectivity index (χ2n) is 3.15. The average Bonchev–Trinajstić information content (AvgIpc) is 2.25. The number of aromatic nitrogens is 2. The zero-order chi connectivity index (χ0) is 11.3. The quantitative estimate of drug-likeness (QED) is 0.691. The van der Waals surface area contributed by atoms with E-state index in [0.29, 0.717) is 18.7 Å². The number of nitrogens with one attached hydrogen (secondary N) is 2. The van der Waals surface area contributed by atoms with Crippen molar-refractivity contribution in [3.05, 3.63) is 22.6 Å². The minimum atomic E-state index is -0.251. The Hall–Kier alpha value is -1.85. The van der Waals surface area contributed by atoms with Crippen molar-refractivity contribution in [3.63, 3.8) is 0 Å². The van der Waals surface area contributed by atoms with Crippen molar-refractivity contribution >= 4 is 11.6 Å². The molecule has 0 unspecified atom stereocenters. The molecule has 2 N–H and O–H groups in total. The summed E-state index contributed by atoms with van der Waals surface area (Å²) in [6, 6.07) is 1.44. The van der Waals surface area contributed by atoms with Gasteiger partial charge in [-0.15, -0.1) is 0 Å². The van der Waals surface area contributed by atoms with Gasteiger partial charge in [-0.05, 0) is 0 Å². The van der Waals surface area contributed by atoms with Crippen molar-refractivity contribution in [2.75, 3.05) is 25.5 Å². The van der Waals surface area contributed by atoms with Gasteiger partial charge in [-0.2, -0.15) is 5.10 Å². The van der Waals surface area contributed by atoms with Crippen LogP contribution in [0.2, 0.25) is 0 Å². The average molecular weight is 210 g/mol. The Morgan fingerprint density at radius 3 is 3.00 bits per heavy atom. The first kappa shape index (κ1) is 11.2. The normalized spacial score (nSPS) is 9.73. The summed E-state index contributed by atoms with van der Waals surface area (Å²) in [6.45, 7) is 0.546. The lowest BCUT2D eigenvalue weighted by Gasteiger charge is -2.17. The number of hydrogen-bond acceptors (Lipinski definition) is 4. The van der Waals surface area contributed by atoms with E-state index in [9.17, 15) is 9.59 Å². The van der Waals surface area contributed by atoms with Crippen molar-refractivity contribution in [2.24, 2.45) is 0 Å². The van der Waals surface area contributed by atoms with Crippen molar-refractivity contribution in [2.45, 2.75) is 6.42 Å². The maximum absolute atomic E-state index is 11.0. The van der Waals surface area contributed by atoms with Crippen LogP contribution in [0, 0.1) is 0 Å². The molecule has 6 nitrogen and oxygen atoms in total. The first-order chi connectivity index (χ1) is 7.13. The highest BCUT2D eigenvalue weighted by Gasteiger charge is 2.04. The fraction of sp³-hybridized carbons (Fsp3) is 0.444. The Balaban J connectivity index is 2.57. The molecule has 15 heavy (non-hydrogen) atoms. The second-order valence-corrected chi connectivity index (χ2v) is 3.15. The van der Waals surface area contributed by atoms with E-state index >= 15 is 0 Å². The lowest BCUT2D eigenvalue weighted by molar-refractivity contribution is -0.120. The third-order valence-corrected chi connectivity index (χ3v) is 2.04. The summed E-state index contributed by atoms with van der Waals surface area (Å²) in [5.74, 6) is -0.0281. The van der Waals surface area contributed by atoms with Gasteiger partial charge in [0.1, 0.15) is 0 Å². The molecule has 1 amide bonds. The molecule has 6 heteroatoms. The Morgan fingerprint density at radius 1 is 1.67 bits per heavy atom. The van der Waals surface area contributed by atoms with Gasteiger partial charge in [0.15, 0.2) is 0 Å². The monoisotopic (exact) mass is 210 g/mol. The van der Waals surface area contributed by atoms with E-state index < -0.39 is 0 Å². The largest absolute Gasteiger partial charge is 0.373 e. The maximum Gasteiger partial charge on any atom is 0.266 e. The summed E-state index contributed by atoms with van der Waals surface area (Å²) in [4.78, 5) is 23.8. The van der Waals surface area contributed by atoms with Crippen molar-refractivity contribution in [1.82, 2.24) is 15.5 Å². The summed E-state index contributed by atoms with van der Waals surface area (Å²) >= 11 is 0. The lowest BCUT2D eigenvalue weighted by Crippen LogP contribution is -2.27. The molecule has 1 heterocycles. The van der Waals surface area contributed by atoms with Crippen molar-refractivity contribution in [3.8, 4) is 0 Å². The van der Waals surface area contributed by atoms with Gasteiger partial charge in [-0.3, -0.25) is 9.59 Å². The summed E-state index contributed by atoms with van der Waals surface area (Å²) < 4.78 is 0. The standard InChI is InChI=1S/C9H14N4O2/c1-10-8(14)3-4-13(2)7-5-9(15)12-11-6-7/h5-6H,3-4H2,1-2H3,(H,10,14)(H,12,15). The molecule has 1 aromatic heterocycles. The van der Waals surface area contributed by atoms with Crippen molar-refractivity contribution < 1.29 is 4.79 Å². The highest BCUT2D eigenvalue weighted by Crippen LogP contribution is 2.06. The first-order valence-corrected chi connectivity index (χ1v) is 4.60. The molecule has 1 aromatic rings. The number of hydrogen-bond donors (Lipinski definition) is 2. The smallest absolute Gasteiger partial charge is 0.266 e. The van der Waals surface area contributed by atoms with Crippen LogP contribution in [0.4, 0.5) is 5.69 Å². The Bertz CT molecular complexity index is 388. The van der Waals surface area contributed by atoms with Gasteiger partial charge in [0.2, 0.25) is 5.91 Å². The van der Waals surface area contributed by atoms with E-state index in [4.69, 9.17) is 0 Å². The van der Waals surface area contributed by atoms with E-state index in [0.717, 1.165) is 0 Å². The second kappa shape index (κ2) is 5.14. The third-order valence-electron chi connectivity index (χ3n) is 2.04. The Morgan fingerprint density at radius 2 is 2.40 bits per heavy atom. The molecule has 0 aliphatic rings. The highest BCUT2D eigenvalue weighted by atomic mass is 16.1. The number of amides is 1. The van der Waals surface area contributed by atoms with Crippen LogP contribution in [0.25, 0.3) is 0 Å². The molecule has 82 valence electrons. The summed E-state index contributed by atoms with van der Waals surface area (Å²) in [7, 11) is 3.40. The predicted molar refractivity (Wildman–Crippen MR) is 56.8 cm³/mol. The van der Waals surface area contributed by atoms with Gasteiger partial charge in [0, 0.05) is 33.1 Å². The number of rotatable bonds is 4. The number of aromatic amines is 1. The van der Waals surface area contributed by atoms with E-state index in [2.05, 4.69) is 15.5 Å². The van der Waals surface area contributed by atoms with E-state index in [-0.39, 0.29) is 11.5 Å². The fourth-order valence-corrected chi connectivity index (χ4v) is 1.10. The molecule has 0 aromatic carbocycles. The van der Waals surface area contributed by atoms with Gasteiger partial charge in [0.25, 0.3) is 5.56 Å². The van der Waals surface area contributed by atoms with Crippen LogP contribution in [0.5, 0.6) is 0 Å². The molecular formula is C9H14N4O2. The molecule has 0 radical (unpaired) electrons. The zero-order valence-corrected chi connectivity index (χ0v) is 8.78. The summed E-state index contributed by atoms with van der Waals surface area (Å²) in [6.07, 6.45) is 1.94. The molecule has 0 spiro atoms. The van der Waals surface area contributed by atoms with Gasteiger partial charge in [0.05, 0.1) is 11.9 Å². The fourth-order valence-electron chi connectivity index (χ4n) is 1.10. The predicted octanol–water partition coefficient (Wildman–Crippen LogP) is -0.658. The van der Waals surface area contributed by atoms with Crippen molar-refractivity contribution in [1.29, 1.82) is 0 Å².